The second-order valence-electron chi connectivity index (χ2n) is 7.26. The van der Waals surface area contributed by atoms with E-state index in [9.17, 15) is 14.4 Å². The van der Waals surface area contributed by atoms with Gasteiger partial charge in [-0.2, -0.15) is 0 Å². The van der Waals surface area contributed by atoms with E-state index in [2.05, 4.69) is 5.32 Å². The lowest BCUT2D eigenvalue weighted by Crippen LogP contribution is -2.36. The van der Waals surface area contributed by atoms with Crippen molar-refractivity contribution in [2.45, 2.75) is 26.4 Å². The molecule has 0 aliphatic carbocycles. The lowest BCUT2D eigenvalue weighted by atomic mass is 10.1. The Balaban J connectivity index is 1.72. The fraction of sp³-hybridized carbons (Fsp3) is 0.292. The molecule has 0 aromatic heterocycles. The number of imide groups is 1. The Kier molecular flexibility index (Phi) is 8.00. The number of thioether (sulfide) groups is 1. The first-order chi connectivity index (χ1) is 15.9. The van der Waals surface area contributed by atoms with Gasteiger partial charge in [-0.25, -0.2) is 0 Å². The summed E-state index contributed by atoms with van der Waals surface area (Å²) in [6, 6.07) is 12.2. The number of amides is 3. The average Bonchev–Trinajstić information content (AvgIpc) is 3.07. The van der Waals surface area contributed by atoms with E-state index in [0.29, 0.717) is 28.5 Å². The van der Waals surface area contributed by atoms with Crippen molar-refractivity contribution in [3.8, 4) is 17.2 Å². The van der Waals surface area contributed by atoms with E-state index in [1.807, 2.05) is 13.8 Å². The van der Waals surface area contributed by atoms with Crippen molar-refractivity contribution >= 4 is 40.6 Å². The zero-order chi connectivity index (χ0) is 24.0. The van der Waals surface area contributed by atoms with Crippen molar-refractivity contribution in [2.75, 3.05) is 26.1 Å². The highest BCUT2D eigenvalue weighted by molar-refractivity contribution is 8.18. The van der Waals surface area contributed by atoms with E-state index in [-0.39, 0.29) is 11.0 Å². The molecule has 174 valence electrons. The molecule has 1 saturated heterocycles. The predicted octanol–water partition coefficient (Wildman–Crippen LogP) is 4.56. The van der Waals surface area contributed by atoms with Crippen LogP contribution in [0.15, 0.2) is 47.4 Å². The van der Waals surface area contributed by atoms with E-state index >= 15 is 0 Å². The Morgan fingerprint density at radius 2 is 1.82 bits per heavy atom. The Hall–Kier alpha value is -3.46. The monoisotopic (exact) mass is 470 g/mol. The van der Waals surface area contributed by atoms with Crippen LogP contribution in [0.25, 0.3) is 6.08 Å². The van der Waals surface area contributed by atoms with Crippen molar-refractivity contribution in [1.29, 1.82) is 0 Å². The maximum Gasteiger partial charge on any atom is 0.294 e. The normalized spacial score (nSPS) is 15.5. The number of nitrogens with one attached hydrogen (secondary N) is 1. The van der Waals surface area contributed by atoms with E-state index in [1.165, 1.54) is 14.2 Å². The number of para-hydroxylation sites is 2. The number of methoxy groups -OCH3 is 2. The summed E-state index contributed by atoms with van der Waals surface area (Å²) in [4.78, 5) is 38.8. The van der Waals surface area contributed by atoms with Gasteiger partial charge in [-0.3, -0.25) is 19.3 Å². The topological polar surface area (TPSA) is 94.2 Å². The highest BCUT2D eigenvalue weighted by Crippen LogP contribution is 2.35. The molecule has 2 aromatic carbocycles. The maximum atomic E-state index is 12.8. The van der Waals surface area contributed by atoms with Gasteiger partial charge in [0.05, 0.1) is 30.9 Å². The smallest absolute Gasteiger partial charge is 0.294 e. The number of anilines is 1. The van der Waals surface area contributed by atoms with Gasteiger partial charge in [0.25, 0.3) is 11.1 Å². The minimum Gasteiger partial charge on any atom is -0.495 e. The number of benzene rings is 2. The molecule has 9 heteroatoms. The summed E-state index contributed by atoms with van der Waals surface area (Å²) in [6.45, 7) is 3.59. The van der Waals surface area contributed by atoms with Gasteiger partial charge in [0.1, 0.15) is 12.3 Å². The van der Waals surface area contributed by atoms with Crippen molar-refractivity contribution < 1.29 is 28.6 Å². The minimum atomic E-state index is -0.529. The molecule has 3 rings (SSSR count). The molecule has 0 bridgehead atoms. The van der Waals surface area contributed by atoms with Gasteiger partial charge in [-0.1, -0.05) is 25.1 Å². The van der Waals surface area contributed by atoms with Crippen molar-refractivity contribution in [3.63, 3.8) is 0 Å². The van der Waals surface area contributed by atoms with Crippen LogP contribution in [0.2, 0.25) is 0 Å². The number of hydrogen-bond acceptors (Lipinski definition) is 7. The van der Waals surface area contributed by atoms with Gasteiger partial charge in [0, 0.05) is 0 Å². The molecule has 0 spiro atoms. The molecule has 1 fully saturated rings. The summed E-state index contributed by atoms with van der Waals surface area (Å²) in [5, 5.41) is 2.16. The average molecular weight is 471 g/mol. The number of hydrogen-bond donors (Lipinski definition) is 1. The van der Waals surface area contributed by atoms with Crippen LogP contribution in [0.3, 0.4) is 0 Å². The van der Waals surface area contributed by atoms with Crippen LogP contribution in [0.4, 0.5) is 10.5 Å². The van der Waals surface area contributed by atoms with Gasteiger partial charge >= 0.3 is 0 Å². The molecule has 3 amide bonds. The zero-order valence-corrected chi connectivity index (χ0v) is 19.7. The Bertz CT molecular complexity index is 1080. The van der Waals surface area contributed by atoms with Crippen molar-refractivity contribution in [3.05, 3.63) is 52.9 Å². The Morgan fingerprint density at radius 1 is 1.09 bits per heavy atom. The quantitative estimate of drug-likeness (QED) is 0.537. The fourth-order valence-corrected chi connectivity index (χ4v) is 3.88. The molecule has 2 aromatic rings. The first kappa shape index (κ1) is 24.2. The molecular formula is C24H26N2O6S. The molecule has 1 N–H and O–H groups in total. The minimum absolute atomic E-state index is 0.0308. The molecule has 1 heterocycles. The number of nitrogens with zero attached hydrogens (tertiary/aromatic N) is 1. The van der Waals surface area contributed by atoms with Gasteiger partial charge in [0.2, 0.25) is 5.91 Å². The molecule has 0 radical (unpaired) electrons. The molecule has 1 atom stereocenters. The lowest BCUT2D eigenvalue weighted by molar-refractivity contribution is -0.127. The van der Waals surface area contributed by atoms with Gasteiger partial charge in [-0.05, 0) is 61.0 Å². The summed E-state index contributed by atoms with van der Waals surface area (Å²) >= 11 is 0.786. The lowest BCUT2D eigenvalue weighted by Gasteiger charge is -2.16. The standard InChI is InChI=1S/C24H26N2O6S/c1-5-15(2)32-19-11-10-16(12-20(19)31-4)13-21-23(28)26(24(29)33-21)14-22(27)25-17-8-6-7-9-18(17)30-3/h6-13,15H,5,14H2,1-4H3,(H,25,27)/b21-13-/t15-/m1/s1. The van der Waals surface area contributed by atoms with E-state index in [1.54, 1.807) is 48.5 Å². The molecule has 1 aliphatic heterocycles. The number of ether oxygens (including phenoxy) is 3. The van der Waals surface area contributed by atoms with Crippen LogP contribution in [0.5, 0.6) is 17.2 Å². The summed E-state index contributed by atoms with van der Waals surface area (Å²) < 4.78 is 16.4. The molecule has 8 nitrogen and oxygen atoms in total. The third kappa shape index (κ3) is 5.87. The first-order valence-electron chi connectivity index (χ1n) is 10.4. The third-order valence-electron chi connectivity index (χ3n) is 4.94. The molecular weight excluding hydrogens is 444 g/mol. The second kappa shape index (κ2) is 10.9. The van der Waals surface area contributed by atoms with Gasteiger partial charge in [0.15, 0.2) is 11.5 Å². The van der Waals surface area contributed by atoms with Crippen LogP contribution in [0.1, 0.15) is 25.8 Å². The second-order valence-corrected chi connectivity index (χ2v) is 8.26. The maximum absolute atomic E-state index is 12.8. The molecule has 1 aliphatic rings. The molecule has 33 heavy (non-hydrogen) atoms. The first-order valence-corrected chi connectivity index (χ1v) is 11.2. The van der Waals surface area contributed by atoms with Crippen molar-refractivity contribution in [2.24, 2.45) is 0 Å². The number of carbonyl (C=O) groups is 3. The van der Waals surface area contributed by atoms with Crippen LogP contribution in [-0.4, -0.2) is 48.8 Å². The summed E-state index contributed by atoms with van der Waals surface area (Å²) in [6.07, 6.45) is 2.48. The van der Waals surface area contributed by atoms with Crippen LogP contribution >= 0.6 is 11.8 Å². The van der Waals surface area contributed by atoms with E-state index < -0.39 is 23.6 Å². The third-order valence-corrected chi connectivity index (χ3v) is 5.85. The zero-order valence-electron chi connectivity index (χ0n) is 18.9. The van der Waals surface area contributed by atoms with Crippen molar-refractivity contribution in [1.82, 2.24) is 4.90 Å². The predicted molar refractivity (Wildman–Crippen MR) is 128 cm³/mol. The van der Waals surface area contributed by atoms with E-state index in [0.717, 1.165) is 23.1 Å². The highest BCUT2D eigenvalue weighted by atomic mass is 32.2. The van der Waals surface area contributed by atoms with Gasteiger partial charge < -0.3 is 19.5 Å². The summed E-state index contributed by atoms with van der Waals surface area (Å²) in [7, 11) is 3.03. The van der Waals surface area contributed by atoms with E-state index in [4.69, 9.17) is 14.2 Å². The largest absolute Gasteiger partial charge is 0.495 e. The van der Waals surface area contributed by atoms with Crippen LogP contribution in [0, 0.1) is 0 Å². The summed E-state index contributed by atoms with van der Waals surface area (Å²) in [5.41, 5.74) is 1.13. The Labute approximate surface area is 196 Å². The summed E-state index contributed by atoms with van der Waals surface area (Å²) in [5.74, 6) is 0.578. The van der Waals surface area contributed by atoms with Crippen LogP contribution < -0.4 is 19.5 Å². The fourth-order valence-electron chi connectivity index (χ4n) is 3.04. The SMILES string of the molecule is CC[C@@H](C)Oc1ccc(/C=C2\SC(=O)N(CC(=O)Nc3ccccc3OC)C2=O)cc1OC. The highest BCUT2D eigenvalue weighted by Gasteiger charge is 2.36. The van der Waals surface area contributed by atoms with Gasteiger partial charge in [-0.15, -0.1) is 0 Å². The van der Waals surface area contributed by atoms with Crippen LogP contribution in [-0.2, 0) is 9.59 Å². The Morgan fingerprint density at radius 3 is 2.52 bits per heavy atom. The number of carbonyl (C=O) groups excluding carboxylic acids is 3. The molecule has 0 unspecified atom stereocenters. The molecule has 0 saturated carbocycles. The number of rotatable bonds is 9.